The molecular weight excluding hydrogens is 310 g/mol. The zero-order chi connectivity index (χ0) is 18.1. The Hall–Kier alpha value is -2.30. The summed E-state index contributed by atoms with van der Waals surface area (Å²) in [5, 5.41) is 11.0. The summed E-state index contributed by atoms with van der Waals surface area (Å²) in [6.07, 6.45) is 5.94. The number of aromatic nitrogens is 2. The molecule has 136 valence electrons. The molecule has 0 radical (unpaired) electrons. The fourth-order valence-electron chi connectivity index (χ4n) is 2.89. The van der Waals surface area contributed by atoms with E-state index in [1.54, 1.807) is 0 Å². The zero-order valence-corrected chi connectivity index (χ0v) is 16.0. The molecule has 2 aromatic rings. The van der Waals surface area contributed by atoms with Gasteiger partial charge < -0.3 is 10.6 Å². The first kappa shape index (κ1) is 19.0. The Morgan fingerprint density at radius 1 is 1.08 bits per heavy atom. The van der Waals surface area contributed by atoms with Crippen molar-refractivity contribution in [1.29, 1.82) is 0 Å². The minimum Gasteiger partial charge on any atom is -0.357 e. The SMILES string of the molecule is CCNC(=NCCCn1cc(C)cn1)NCCc1cc(C)cc(C)c1. The van der Waals surface area contributed by atoms with Gasteiger partial charge in [-0.1, -0.05) is 29.3 Å². The number of hydrogen-bond acceptors (Lipinski definition) is 2. The van der Waals surface area contributed by atoms with Crippen LogP contribution in [0.1, 0.15) is 35.6 Å². The quantitative estimate of drug-likeness (QED) is 0.441. The van der Waals surface area contributed by atoms with Crippen LogP contribution in [-0.4, -0.2) is 35.4 Å². The van der Waals surface area contributed by atoms with E-state index in [0.717, 1.165) is 45.0 Å². The highest BCUT2D eigenvalue weighted by Gasteiger charge is 2.00. The Bertz CT molecular complexity index is 667. The predicted molar refractivity (Wildman–Crippen MR) is 105 cm³/mol. The molecular formula is C20H31N5. The summed E-state index contributed by atoms with van der Waals surface area (Å²) in [7, 11) is 0. The molecule has 5 heteroatoms. The number of nitrogens with zero attached hydrogens (tertiary/aromatic N) is 3. The molecule has 0 aliphatic carbocycles. The Balaban J connectivity index is 1.76. The number of aryl methyl sites for hydroxylation is 4. The van der Waals surface area contributed by atoms with Gasteiger partial charge >= 0.3 is 0 Å². The van der Waals surface area contributed by atoms with E-state index in [1.807, 2.05) is 10.9 Å². The van der Waals surface area contributed by atoms with Gasteiger partial charge in [-0.15, -0.1) is 0 Å². The van der Waals surface area contributed by atoms with Gasteiger partial charge in [0.2, 0.25) is 0 Å². The lowest BCUT2D eigenvalue weighted by atomic mass is 10.1. The van der Waals surface area contributed by atoms with Gasteiger partial charge in [0.15, 0.2) is 5.96 Å². The highest BCUT2D eigenvalue weighted by molar-refractivity contribution is 5.79. The average molecular weight is 342 g/mol. The van der Waals surface area contributed by atoms with Crippen molar-refractivity contribution in [3.8, 4) is 0 Å². The summed E-state index contributed by atoms with van der Waals surface area (Å²) < 4.78 is 1.98. The first-order valence-electron chi connectivity index (χ1n) is 9.15. The predicted octanol–water partition coefficient (Wildman–Crippen LogP) is 3.00. The molecule has 1 aromatic carbocycles. The number of nitrogens with one attached hydrogen (secondary N) is 2. The monoisotopic (exact) mass is 341 g/mol. The summed E-state index contributed by atoms with van der Waals surface area (Å²) in [4.78, 5) is 4.65. The van der Waals surface area contributed by atoms with Crippen LogP contribution in [0.25, 0.3) is 0 Å². The lowest BCUT2D eigenvalue weighted by molar-refractivity contribution is 0.583. The normalized spacial score (nSPS) is 11.6. The van der Waals surface area contributed by atoms with Gasteiger partial charge in [0.05, 0.1) is 6.20 Å². The first-order valence-corrected chi connectivity index (χ1v) is 9.15. The molecule has 0 bridgehead atoms. The van der Waals surface area contributed by atoms with Gasteiger partial charge in [0, 0.05) is 32.4 Å². The highest BCUT2D eigenvalue weighted by atomic mass is 15.3. The fraction of sp³-hybridized carbons (Fsp3) is 0.500. The summed E-state index contributed by atoms with van der Waals surface area (Å²) >= 11 is 0. The molecule has 0 saturated carbocycles. The smallest absolute Gasteiger partial charge is 0.191 e. The summed E-state index contributed by atoms with van der Waals surface area (Å²) in [6, 6.07) is 6.72. The van der Waals surface area contributed by atoms with E-state index < -0.39 is 0 Å². The van der Waals surface area contributed by atoms with E-state index in [9.17, 15) is 0 Å². The average Bonchev–Trinajstić information content (AvgIpc) is 2.96. The van der Waals surface area contributed by atoms with E-state index >= 15 is 0 Å². The minimum atomic E-state index is 0.789. The highest BCUT2D eigenvalue weighted by Crippen LogP contribution is 2.08. The Morgan fingerprint density at radius 3 is 2.48 bits per heavy atom. The second kappa shape index (κ2) is 9.87. The van der Waals surface area contributed by atoms with Crippen molar-refractivity contribution in [2.24, 2.45) is 4.99 Å². The molecule has 1 heterocycles. The summed E-state index contributed by atoms with van der Waals surface area (Å²) in [6.45, 7) is 11.9. The van der Waals surface area contributed by atoms with Crippen molar-refractivity contribution in [2.45, 2.75) is 47.1 Å². The standard InChI is InChI=1S/C20H31N5/c1-5-21-20(22-8-6-10-25-15-18(4)14-24-25)23-9-7-19-12-16(2)11-17(3)13-19/h11-15H,5-10H2,1-4H3,(H2,21,22,23). The lowest BCUT2D eigenvalue weighted by Crippen LogP contribution is -2.38. The van der Waals surface area contributed by atoms with E-state index in [4.69, 9.17) is 0 Å². The van der Waals surface area contributed by atoms with Gasteiger partial charge in [-0.2, -0.15) is 5.10 Å². The van der Waals surface area contributed by atoms with Gasteiger partial charge in [0.25, 0.3) is 0 Å². The molecule has 0 unspecified atom stereocenters. The number of guanidine groups is 1. The maximum atomic E-state index is 4.65. The van der Waals surface area contributed by atoms with E-state index in [1.165, 1.54) is 22.3 Å². The third-order valence-electron chi connectivity index (χ3n) is 3.91. The van der Waals surface area contributed by atoms with Gasteiger partial charge in [-0.3, -0.25) is 9.67 Å². The molecule has 2 rings (SSSR count). The third kappa shape index (κ3) is 6.99. The molecule has 0 spiro atoms. The minimum absolute atomic E-state index is 0.789. The topological polar surface area (TPSA) is 54.2 Å². The molecule has 0 aliphatic heterocycles. The van der Waals surface area contributed by atoms with E-state index in [-0.39, 0.29) is 0 Å². The van der Waals surface area contributed by atoms with Gasteiger partial charge in [-0.05, 0) is 51.7 Å². The van der Waals surface area contributed by atoms with Crippen LogP contribution in [-0.2, 0) is 13.0 Å². The largest absolute Gasteiger partial charge is 0.357 e. The van der Waals surface area contributed by atoms with Crippen LogP contribution in [0.2, 0.25) is 0 Å². The Morgan fingerprint density at radius 2 is 1.84 bits per heavy atom. The van der Waals surface area contributed by atoms with Crippen molar-refractivity contribution in [3.63, 3.8) is 0 Å². The summed E-state index contributed by atoms with van der Waals surface area (Å²) in [5.41, 5.74) is 5.22. The second-order valence-corrected chi connectivity index (χ2v) is 6.57. The van der Waals surface area contributed by atoms with Crippen LogP contribution < -0.4 is 10.6 Å². The second-order valence-electron chi connectivity index (χ2n) is 6.57. The fourth-order valence-corrected chi connectivity index (χ4v) is 2.89. The zero-order valence-electron chi connectivity index (χ0n) is 16.0. The third-order valence-corrected chi connectivity index (χ3v) is 3.91. The van der Waals surface area contributed by atoms with Crippen molar-refractivity contribution >= 4 is 5.96 Å². The molecule has 0 atom stereocenters. The van der Waals surface area contributed by atoms with Crippen LogP contribution in [0.4, 0.5) is 0 Å². The van der Waals surface area contributed by atoms with Gasteiger partial charge in [0.1, 0.15) is 0 Å². The van der Waals surface area contributed by atoms with E-state index in [2.05, 4.69) is 72.8 Å². The van der Waals surface area contributed by atoms with Gasteiger partial charge in [-0.25, -0.2) is 0 Å². The maximum Gasteiger partial charge on any atom is 0.191 e. The van der Waals surface area contributed by atoms with Crippen LogP contribution in [0, 0.1) is 20.8 Å². The summed E-state index contributed by atoms with van der Waals surface area (Å²) in [5.74, 6) is 0.892. The van der Waals surface area contributed by atoms with E-state index in [0.29, 0.717) is 0 Å². The molecule has 0 fully saturated rings. The lowest BCUT2D eigenvalue weighted by Gasteiger charge is -2.12. The maximum absolute atomic E-state index is 4.65. The molecule has 0 saturated heterocycles. The number of hydrogen-bond donors (Lipinski definition) is 2. The van der Waals surface area contributed by atoms with Crippen LogP contribution in [0.15, 0.2) is 35.6 Å². The molecule has 1 aromatic heterocycles. The van der Waals surface area contributed by atoms with Crippen molar-refractivity contribution in [2.75, 3.05) is 19.6 Å². The first-order chi connectivity index (χ1) is 12.1. The molecule has 0 aliphatic rings. The Kier molecular flexibility index (Phi) is 7.51. The molecule has 25 heavy (non-hydrogen) atoms. The molecule has 5 nitrogen and oxygen atoms in total. The van der Waals surface area contributed by atoms with Crippen molar-refractivity contribution in [3.05, 3.63) is 52.8 Å². The number of rotatable bonds is 8. The number of benzene rings is 1. The Labute approximate surface area is 151 Å². The van der Waals surface area contributed by atoms with Crippen molar-refractivity contribution in [1.82, 2.24) is 20.4 Å². The molecule has 0 amide bonds. The van der Waals surface area contributed by atoms with Crippen LogP contribution in [0.3, 0.4) is 0 Å². The van der Waals surface area contributed by atoms with Crippen LogP contribution >= 0.6 is 0 Å². The van der Waals surface area contributed by atoms with Crippen molar-refractivity contribution < 1.29 is 0 Å². The molecule has 2 N–H and O–H groups in total. The van der Waals surface area contributed by atoms with Crippen LogP contribution in [0.5, 0.6) is 0 Å². The number of aliphatic imine (C=N–C) groups is 1.